The number of carbonyl (C=O) groups is 1. The molecule has 1 amide bonds. The van der Waals surface area contributed by atoms with E-state index in [1.807, 2.05) is 57.2 Å². The molecule has 5 nitrogen and oxygen atoms in total. The minimum atomic E-state index is -0.290. The number of nitrogens with one attached hydrogen (secondary N) is 2. The van der Waals surface area contributed by atoms with Crippen LogP contribution in [-0.4, -0.2) is 25.2 Å². The minimum absolute atomic E-state index is 0.0523. The second-order valence-electron chi connectivity index (χ2n) is 7.12. The molecule has 0 fully saturated rings. The Kier molecular flexibility index (Phi) is 7.04. The van der Waals surface area contributed by atoms with Crippen molar-refractivity contribution < 1.29 is 14.3 Å². The zero-order valence-corrected chi connectivity index (χ0v) is 16.0. The number of amides is 1. The second-order valence-corrected chi connectivity index (χ2v) is 7.12. The smallest absolute Gasteiger partial charge is 0.258 e. The van der Waals surface area contributed by atoms with Crippen LogP contribution in [-0.2, 0) is 17.9 Å². The molecule has 140 valence electrons. The van der Waals surface area contributed by atoms with E-state index in [2.05, 4.69) is 22.8 Å². The second kappa shape index (κ2) is 9.25. The lowest BCUT2D eigenvalue weighted by Gasteiger charge is -2.21. The Labute approximate surface area is 155 Å². The van der Waals surface area contributed by atoms with Crippen LogP contribution in [0.4, 0.5) is 0 Å². The van der Waals surface area contributed by atoms with Crippen molar-refractivity contribution in [3.8, 4) is 11.5 Å². The highest BCUT2D eigenvalue weighted by atomic mass is 16.5. The van der Waals surface area contributed by atoms with Crippen LogP contribution >= 0.6 is 0 Å². The predicted octanol–water partition coefficient (Wildman–Crippen LogP) is 3.28. The molecule has 2 N–H and O–H groups in total. The van der Waals surface area contributed by atoms with Crippen LogP contribution < -0.4 is 20.1 Å². The van der Waals surface area contributed by atoms with E-state index in [0.29, 0.717) is 18.0 Å². The van der Waals surface area contributed by atoms with Gasteiger partial charge in [0, 0.05) is 24.2 Å². The summed E-state index contributed by atoms with van der Waals surface area (Å²) in [4.78, 5) is 12.0. The first-order valence-electron chi connectivity index (χ1n) is 8.73. The number of benzene rings is 2. The summed E-state index contributed by atoms with van der Waals surface area (Å²) in [6.45, 7) is 7.13. The molecule has 2 aromatic rings. The molecule has 0 aliphatic rings. The van der Waals surface area contributed by atoms with Crippen LogP contribution in [0, 0.1) is 0 Å². The molecule has 0 saturated carbocycles. The van der Waals surface area contributed by atoms with Crippen molar-refractivity contribution in [1.29, 1.82) is 0 Å². The number of para-hydroxylation sites is 1. The normalized spacial score (nSPS) is 11.1. The lowest BCUT2D eigenvalue weighted by atomic mass is 10.1. The van der Waals surface area contributed by atoms with Crippen molar-refractivity contribution in [2.45, 2.75) is 39.4 Å². The van der Waals surface area contributed by atoms with Gasteiger partial charge < -0.3 is 20.1 Å². The van der Waals surface area contributed by atoms with Crippen LogP contribution in [0.25, 0.3) is 0 Å². The predicted molar refractivity (Wildman–Crippen MR) is 103 cm³/mol. The van der Waals surface area contributed by atoms with E-state index < -0.39 is 0 Å². The summed E-state index contributed by atoms with van der Waals surface area (Å²) >= 11 is 0. The molecular weight excluding hydrogens is 328 g/mol. The first kappa shape index (κ1) is 19.8. The molecular formula is C21H28N2O3. The summed E-state index contributed by atoms with van der Waals surface area (Å²) in [5.74, 6) is 1.05. The molecule has 2 rings (SSSR count). The number of rotatable bonds is 8. The maximum absolute atomic E-state index is 12.0. The van der Waals surface area contributed by atoms with Crippen molar-refractivity contribution in [1.82, 2.24) is 10.6 Å². The Morgan fingerprint density at radius 1 is 1.00 bits per heavy atom. The molecule has 0 heterocycles. The summed E-state index contributed by atoms with van der Waals surface area (Å²) in [6.07, 6.45) is 0. The molecule has 0 unspecified atom stereocenters. The Bertz CT molecular complexity index is 709. The van der Waals surface area contributed by atoms with Gasteiger partial charge in [-0.3, -0.25) is 4.79 Å². The molecule has 0 spiro atoms. The SMILES string of the molecule is COc1cccc(CNCc2ccccc2)c1OCC(=O)NC(C)(C)C. The highest BCUT2D eigenvalue weighted by Gasteiger charge is 2.16. The van der Waals surface area contributed by atoms with Crippen LogP contribution in [0.3, 0.4) is 0 Å². The molecule has 0 saturated heterocycles. The van der Waals surface area contributed by atoms with E-state index >= 15 is 0 Å². The van der Waals surface area contributed by atoms with Gasteiger partial charge in [-0.05, 0) is 32.4 Å². The van der Waals surface area contributed by atoms with Crippen LogP contribution in [0.15, 0.2) is 48.5 Å². The van der Waals surface area contributed by atoms with Gasteiger partial charge >= 0.3 is 0 Å². The van der Waals surface area contributed by atoms with Gasteiger partial charge in [0.05, 0.1) is 7.11 Å². The maximum atomic E-state index is 12.0. The number of carbonyl (C=O) groups excluding carboxylic acids is 1. The van der Waals surface area contributed by atoms with Crippen molar-refractivity contribution in [2.75, 3.05) is 13.7 Å². The molecule has 2 aromatic carbocycles. The summed E-state index contributed by atoms with van der Waals surface area (Å²) in [7, 11) is 1.60. The van der Waals surface area contributed by atoms with Gasteiger partial charge in [-0.1, -0.05) is 42.5 Å². The standard InChI is InChI=1S/C21H28N2O3/c1-21(2,3)23-19(24)15-26-20-17(11-8-12-18(20)25-4)14-22-13-16-9-6-5-7-10-16/h5-12,22H,13-15H2,1-4H3,(H,23,24). The van der Waals surface area contributed by atoms with Crippen molar-refractivity contribution in [3.63, 3.8) is 0 Å². The Morgan fingerprint density at radius 3 is 2.38 bits per heavy atom. The third kappa shape index (κ3) is 6.41. The average molecular weight is 356 g/mol. The van der Waals surface area contributed by atoms with Crippen LogP contribution in [0.5, 0.6) is 11.5 Å². The van der Waals surface area contributed by atoms with Gasteiger partial charge in [-0.15, -0.1) is 0 Å². The van der Waals surface area contributed by atoms with Crippen molar-refractivity contribution in [2.24, 2.45) is 0 Å². The monoisotopic (exact) mass is 356 g/mol. The highest BCUT2D eigenvalue weighted by molar-refractivity contribution is 5.78. The van der Waals surface area contributed by atoms with Crippen LogP contribution in [0.2, 0.25) is 0 Å². The first-order valence-corrected chi connectivity index (χ1v) is 8.73. The third-order valence-corrected chi connectivity index (χ3v) is 3.63. The zero-order chi connectivity index (χ0) is 19.0. The van der Waals surface area contributed by atoms with E-state index in [-0.39, 0.29) is 18.1 Å². The molecule has 0 aromatic heterocycles. The Hall–Kier alpha value is -2.53. The molecule has 26 heavy (non-hydrogen) atoms. The summed E-state index contributed by atoms with van der Waals surface area (Å²) in [6, 6.07) is 15.9. The van der Waals surface area contributed by atoms with Crippen molar-refractivity contribution in [3.05, 3.63) is 59.7 Å². The van der Waals surface area contributed by atoms with E-state index in [1.165, 1.54) is 5.56 Å². The molecule has 0 radical (unpaired) electrons. The quantitative estimate of drug-likeness (QED) is 0.762. The Morgan fingerprint density at radius 2 is 1.73 bits per heavy atom. The van der Waals surface area contributed by atoms with E-state index in [9.17, 15) is 4.79 Å². The van der Waals surface area contributed by atoms with Crippen molar-refractivity contribution >= 4 is 5.91 Å². The summed E-state index contributed by atoms with van der Waals surface area (Å²) in [5, 5.41) is 6.29. The molecule has 5 heteroatoms. The van der Waals surface area contributed by atoms with Gasteiger partial charge in [0.25, 0.3) is 5.91 Å². The molecule has 0 atom stereocenters. The molecule has 0 aliphatic heterocycles. The van der Waals surface area contributed by atoms with Gasteiger partial charge in [-0.2, -0.15) is 0 Å². The minimum Gasteiger partial charge on any atom is -0.493 e. The molecule has 0 bridgehead atoms. The highest BCUT2D eigenvalue weighted by Crippen LogP contribution is 2.31. The fourth-order valence-corrected chi connectivity index (χ4v) is 2.55. The Balaban J connectivity index is 2.01. The largest absolute Gasteiger partial charge is 0.493 e. The number of methoxy groups -OCH3 is 1. The number of hydrogen-bond acceptors (Lipinski definition) is 4. The van der Waals surface area contributed by atoms with E-state index in [4.69, 9.17) is 9.47 Å². The van der Waals surface area contributed by atoms with E-state index in [0.717, 1.165) is 12.1 Å². The lowest BCUT2D eigenvalue weighted by molar-refractivity contribution is -0.124. The van der Waals surface area contributed by atoms with Crippen LogP contribution in [0.1, 0.15) is 31.9 Å². The summed E-state index contributed by atoms with van der Waals surface area (Å²) in [5.41, 5.74) is 1.87. The molecule has 0 aliphatic carbocycles. The van der Waals surface area contributed by atoms with Gasteiger partial charge in [0.1, 0.15) is 0 Å². The van der Waals surface area contributed by atoms with E-state index in [1.54, 1.807) is 7.11 Å². The average Bonchev–Trinajstić information content (AvgIpc) is 2.59. The fourth-order valence-electron chi connectivity index (χ4n) is 2.55. The number of hydrogen-bond donors (Lipinski definition) is 2. The zero-order valence-electron chi connectivity index (χ0n) is 16.0. The van der Waals surface area contributed by atoms with Gasteiger partial charge in [0.15, 0.2) is 18.1 Å². The van der Waals surface area contributed by atoms with Gasteiger partial charge in [0.2, 0.25) is 0 Å². The maximum Gasteiger partial charge on any atom is 0.258 e. The first-order chi connectivity index (χ1) is 12.4. The fraction of sp³-hybridized carbons (Fsp3) is 0.381. The lowest BCUT2D eigenvalue weighted by Crippen LogP contribution is -2.43. The topological polar surface area (TPSA) is 59.6 Å². The third-order valence-electron chi connectivity index (χ3n) is 3.63. The van der Waals surface area contributed by atoms with Gasteiger partial charge in [-0.25, -0.2) is 0 Å². The number of ether oxygens (including phenoxy) is 2. The summed E-state index contributed by atoms with van der Waals surface area (Å²) < 4.78 is 11.2.